The summed E-state index contributed by atoms with van der Waals surface area (Å²) in [6, 6.07) is 5.78. The highest BCUT2D eigenvalue weighted by molar-refractivity contribution is 9.10. The van der Waals surface area contributed by atoms with Crippen LogP contribution in [0.5, 0.6) is 0 Å². The van der Waals surface area contributed by atoms with Crippen LogP contribution in [0, 0.1) is 15.9 Å². The molecule has 12 heteroatoms. The zero-order valence-corrected chi connectivity index (χ0v) is 16.0. The number of non-ortho nitro benzene ring substituents is 1. The maximum Gasteiger partial charge on any atom is 0.279 e. The lowest BCUT2D eigenvalue weighted by molar-refractivity contribution is -0.385. The number of halogens is 2. The normalized spacial score (nSPS) is 12.3. The van der Waals surface area contributed by atoms with Crippen LogP contribution in [0.3, 0.4) is 0 Å². The van der Waals surface area contributed by atoms with Crippen LogP contribution in [0.2, 0.25) is 0 Å². The lowest BCUT2D eigenvalue weighted by atomic mass is 10.2. The van der Waals surface area contributed by atoms with Crippen LogP contribution >= 0.6 is 15.9 Å². The van der Waals surface area contributed by atoms with Crippen LogP contribution in [0.15, 0.2) is 57.2 Å². The molecular formula is C15H11BrFN5O4S. The molecule has 0 saturated carbocycles. The molecule has 2 heterocycles. The van der Waals surface area contributed by atoms with E-state index in [4.69, 9.17) is 0 Å². The smallest absolute Gasteiger partial charge is 0.258 e. The molecule has 0 unspecified atom stereocenters. The van der Waals surface area contributed by atoms with Crippen LogP contribution in [0.25, 0.3) is 5.52 Å². The standard InChI is InChI=1S/C15H11BrFN5O4S/c1-9(12-8-18-21-5-4-10(16)6-14(12)21)19-20-27(25,26)15-7-11(22(23)24)2-3-13(15)17/h2-8,20H,1H3/b19-9-. The van der Waals surface area contributed by atoms with Crippen LogP contribution in [0.1, 0.15) is 12.5 Å². The molecule has 0 saturated heterocycles. The first kappa shape index (κ1) is 18.9. The van der Waals surface area contributed by atoms with Crippen molar-refractivity contribution in [3.05, 3.63) is 68.7 Å². The average molecular weight is 456 g/mol. The number of sulfonamides is 1. The minimum absolute atomic E-state index is 0.275. The second-order valence-electron chi connectivity index (χ2n) is 5.40. The molecule has 3 rings (SSSR count). The fraction of sp³-hybridized carbons (Fsp3) is 0.0667. The van der Waals surface area contributed by atoms with Crippen LogP contribution in [-0.4, -0.2) is 28.7 Å². The number of hydrogen-bond donors (Lipinski definition) is 1. The molecule has 0 radical (unpaired) electrons. The predicted octanol–water partition coefficient (Wildman–Crippen LogP) is 2.85. The first-order valence-electron chi connectivity index (χ1n) is 7.32. The van der Waals surface area contributed by atoms with E-state index in [0.29, 0.717) is 23.2 Å². The maximum atomic E-state index is 13.9. The summed E-state index contributed by atoms with van der Waals surface area (Å²) in [6.07, 6.45) is 3.21. The lowest BCUT2D eigenvalue weighted by Gasteiger charge is -2.06. The van der Waals surface area contributed by atoms with E-state index in [2.05, 4.69) is 26.1 Å². The van der Waals surface area contributed by atoms with Gasteiger partial charge in [-0.05, 0) is 25.1 Å². The Hall–Kier alpha value is -2.86. The Balaban J connectivity index is 1.95. The summed E-state index contributed by atoms with van der Waals surface area (Å²) in [4.78, 5) is 11.0. The van der Waals surface area contributed by atoms with Gasteiger partial charge in [0.05, 0.1) is 22.3 Å². The Morgan fingerprint density at radius 3 is 2.81 bits per heavy atom. The van der Waals surface area contributed by atoms with Gasteiger partial charge in [0.1, 0.15) is 10.7 Å². The zero-order valence-electron chi connectivity index (χ0n) is 13.6. The molecule has 0 aliphatic carbocycles. The van der Waals surface area contributed by atoms with Crippen molar-refractivity contribution in [2.45, 2.75) is 11.8 Å². The Bertz CT molecular complexity index is 1190. The van der Waals surface area contributed by atoms with E-state index in [9.17, 15) is 22.9 Å². The van der Waals surface area contributed by atoms with Crippen molar-refractivity contribution in [2.24, 2.45) is 5.10 Å². The third-order valence-electron chi connectivity index (χ3n) is 3.62. The number of aromatic nitrogens is 2. The number of nitro groups is 1. The highest BCUT2D eigenvalue weighted by Crippen LogP contribution is 2.21. The zero-order chi connectivity index (χ0) is 19.8. The summed E-state index contributed by atoms with van der Waals surface area (Å²) in [5.41, 5.74) is 0.951. The quantitative estimate of drug-likeness (QED) is 0.360. The molecule has 2 aromatic heterocycles. The molecule has 0 spiro atoms. The number of hydrogen-bond acceptors (Lipinski definition) is 6. The molecule has 0 amide bonds. The van der Waals surface area contributed by atoms with E-state index in [1.807, 2.05) is 4.83 Å². The van der Waals surface area contributed by atoms with Gasteiger partial charge in [0.25, 0.3) is 15.7 Å². The Morgan fingerprint density at radius 1 is 1.37 bits per heavy atom. The monoisotopic (exact) mass is 455 g/mol. The van der Waals surface area contributed by atoms with Crippen molar-refractivity contribution in [3.63, 3.8) is 0 Å². The van der Waals surface area contributed by atoms with Gasteiger partial charge < -0.3 is 0 Å². The molecule has 9 nitrogen and oxygen atoms in total. The third kappa shape index (κ3) is 3.80. The molecule has 0 atom stereocenters. The van der Waals surface area contributed by atoms with Crippen LogP contribution in [-0.2, 0) is 10.0 Å². The van der Waals surface area contributed by atoms with Gasteiger partial charge in [0, 0.05) is 28.4 Å². The van der Waals surface area contributed by atoms with E-state index in [-0.39, 0.29) is 5.71 Å². The number of rotatable bonds is 5. The van der Waals surface area contributed by atoms with Crippen molar-refractivity contribution in [1.29, 1.82) is 0 Å². The van der Waals surface area contributed by atoms with E-state index in [1.54, 1.807) is 29.8 Å². The predicted molar refractivity (Wildman–Crippen MR) is 98.5 cm³/mol. The largest absolute Gasteiger partial charge is 0.279 e. The third-order valence-corrected chi connectivity index (χ3v) is 5.34. The molecule has 0 bridgehead atoms. The SMILES string of the molecule is C/C(=N/NS(=O)(=O)c1cc([N+](=O)[O-])ccc1F)c1cnn2ccc(Br)cc12. The first-order chi connectivity index (χ1) is 12.7. The summed E-state index contributed by atoms with van der Waals surface area (Å²) in [6.45, 7) is 1.55. The minimum atomic E-state index is -4.45. The van der Waals surface area contributed by atoms with Crippen LogP contribution < -0.4 is 4.83 Å². The fourth-order valence-electron chi connectivity index (χ4n) is 2.28. The first-order valence-corrected chi connectivity index (χ1v) is 9.60. The molecular weight excluding hydrogens is 445 g/mol. The summed E-state index contributed by atoms with van der Waals surface area (Å²) in [7, 11) is -4.45. The van der Waals surface area contributed by atoms with Crippen molar-refractivity contribution in [1.82, 2.24) is 14.4 Å². The van der Waals surface area contributed by atoms with Crippen molar-refractivity contribution < 1.29 is 17.7 Å². The van der Waals surface area contributed by atoms with Gasteiger partial charge >= 0.3 is 0 Å². The number of fused-ring (bicyclic) bond motifs is 1. The van der Waals surface area contributed by atoms with Gasteiger partial charge in [0.2, 0.25) is 0 Å². The minimum Gasteiger partial charge on any atom is -0.258 e. The molecule has 0 aliphatic rings. The topological polar surface area (TPSA) is 119 Å². The summed E-state index contributed by atoms with van der Waals surface area (Å²) >= 11 is 3.34. The molecule has 27 heavy (non-hydrogen) atoms. The fourth-order valence-corrected chi connectivity index (χ4v) is 3.57. The van der Waals surface area contributed by atoms with Crippen molar-refractivity contribution >= 4 is 42.9 Å². The highest BCUT2D eigenvalue weighted by Gasteiger charge is 2.22. The molecule has 3 aromatic rings. The number of nitro benzene ring substituents is 1. The van der Waals surface area contributed by atoms with Gasteiger partial charge in [-0.1, -0.05) is 15.9 Å². The Labute approximate surface area is 160 Å². The van der Waals surface area contributed by atoms with E-state index >= 15 is 0 Å². The Morgan fingerprint density at radius 2 is 2.11 bits per heavy atom. The molecule has 1 N–H and O–H groups in total. The van der Waals surface area contributed by atoms with Gasteiger partial charge in [-0.2, -0.15) is 23.4 Å². The molecule has 0 aliphatic heterocycles. The second-order valence-corrected chi connectivity index (χ2v) is 7.94. The van der Waals surface area contributed by atoms with Gasteiger partial charge in [-0.3, -0.25) is 10.1 Å². The van der Waals surface area contributed by atoms with Gasteiger partial charge in [-0.25, -0.2) is 8.91 Å². The average Bonchev–Trinajstić information content (AvgIpc) is 3.02. The number of pyridine rings is 1. The summed E-state index contributed by atoms with van der Waals surface area (Å²) in [5, 5.41) is 18.7. The van der Waals surface area contributed by atoms with E-state index in [0.717, 1.165) is 10.5 Å². The maximum absolute atomic E-state index is 13.9. The van der Waals surface area contributed by atoms with Crippen molar-refractivity contribution in [2.75, 3.05) is 0 Å². The molecule has 140 valence electrons. The summed E-state index contributed by atoms with van der Waals surface area (Å²) in [5.74, 6) is -1.12. The van der Waals surface area contributed by atoms with Crippen molar-refractivity contribution in [3.8, 4) is 0 Å². The van der Waals surface area contributed by atoms with Gasteiger partial charge in [0.15, 0.2) is 0 Å². The van der Waals surface area contributed by atoms with E-state index in [1.165, 1.54) is 6.20 Å². The number of nitrogens with zero attached hydrogens (tertiary/aromatic N) is 4. The Kier molecular flexibility index (Phi) is 4.93. The van der Waals surface area contributed by atoms with Crippen LogP contribution in [0.4, 0.5) is 10.1 Å². The molecule has 1 aromatic carbocycles. The number of hydrazone groups is 1. The summed E-state index contributed by atoms with van der Waals surface area (Å²) < 4.78 is 40.9. The second kappa shape index (κ2) is 7.04. The lowest BCUT2D eigenvalue weighted by Crippen LogP contribution is -2.21. The number of nitrogens with one attached hydrogen (secondary N) is 1. The highest BCUT2D eigenvalue weighted by atomic mass is 79.9. The van der Waals surface area contributed by atoms with E-state index < -0.39 is 31.3 Å². The molecule has 0 fully saturated rings. The number of benzene rings is 1. The van der Waals surface area contributed by atoms with Gasteiger partial charge in [-0.15, -0.1) is 0 Å².